The van der Waals surface area contributed by atoms with Gasteiger partial charge in [-0.05, 0) is 31.0 Å². The number of aliphatic hydroxyl groups is 2. The van der Waals surface area contributed by atoms with Gasteiger partial charge in [-0.1, -0.05) is 31.5 Å². The Morgan fingerprint density at radius 2 is 2.14 bits per heavy atom. The molecule has 3 N–H and O–H groups in total. The van der Waals surface area contributed by atoms with Crippen LogP contribution in [0.5, 0.6) is 0 Å². The maximum atomic E-state index is 13.7. The highest BCUT2D eigenvalue weighted by atomic mass is 35.5. The molecule has 1 aromatic heterocycles. The second kappa shape index (κ2) is 11.6. The highest BCUT2D eigenvalue weighted by molar-refractivity contribution is 7.09. The molecule has 0 saturated carbocycles. The van der Waals surface area contributed by atoms with Crippen molar-refractivity contribution in [2.24, 2.45) is 5.41 Å². The molecule has 3 rings (SSSR count). The molecule has 0 radical (unpaired) electrons. The topological polar surface area (TPSA) is 120 Å². The number of halogens is 1. The molecule has 3 atom stereocenters. The van der Waals surface area contributed by atoms with E-state index in [-0.39, 0.29) is 12.5 Å². The molecule has 10 heteroatoms. The van der Waals surface area contributed by atoms with Crippen molar-refractivity contribution >= 4 is 40.5 Å². The minimum absolute atomic E-state index is 0.0954. The van der Waals surface area contributed by atoms with Gasteiger partial charge in [0.15, 0.2) is 0 Å². The summed E-state index contributed by atoms with van der Waals surface area (Å²) in [6.07, 6.45) is 0.160. The summed E-state index contributed by atoms with van der Waals surface area (Å²) < 4.78 is 6.32. The number of amides is 1. The Labute approximate surface area is 213 Å². The zero-order chi connectivity index (χ0) is 25.8. The van der Waals surface area contributed by atoms with Crippen LogP contribution in [0.25, 0.3) is 0 Å². The highest BCUT2D eigenvalue weighted by Gasteiger charge is 2.37. The van der Waals surface area contributed by atoms with Crippen LogP contribution in [-0.2, 0) is 20.7 Å². The summed E-state index contributed by atoms with van der Waals surface area (Å²) in [6.45, 7) is 7.80. The molecule has 8 nitrogen and oxygen atoms in total. The van der Waals surface area contributed by atoms with Gasteiger partial charge in [0.1, 0.15) is 12.2 Å². The van der Waals surface area contributed by atoms with Crippen LogP contribution in [0.15, 0.2) is 36.2 Å². The van der Waals surface area contributed by atoms with E-state index in [1.165, 1.54) is 11.3 Å². The molecular formula is C25H31ClN2O6S. The summed E-state index contributed by atoms with van der Waals surface area (Å²) >= 11 is 7.59. The van der Waals surface area contributed by atoms with Crippen molar-refractivity contribution in [1.29, 1.82) is 0 Å². The van der Waals surface area contributed by atoms with E-state index in [2.05, 4.69) is 11.6 Å². The standard InChI is InChI=1S/C25H31ClN2O6S/c1-4-5-20-16-10-15(26)6-7-18(16)28(13-25(2,3)14-29)24(33)21(34-20)8-9-22-27-17(12-35-22)19(30)11-23(31)32/h4,6-7,10,12,19-21,29-30H,1,5,8-9,11,13-14H2,2-3H3,(H,31,32)/t19?,20-,21-/m1/s1. The first-order chi connectivity index (χ1) is 16.5. The molecule has 2 aromatic rings. The van der Waals surface area contributed by atoms with Gasteiger partial charge in [-0.25, -0.2) is 4.98 Å². The molecule has 2 heterocycles. The summed E-state index contributed by atoms with van der Waals surface area (Å²) in [5.41, 5.74) is 1.25. The van der Waals surface area contributed by atoms with E-state index in [0.29, 0.717) is 47.2 Å². The number of aromatic nitrogens is 1. The number of thiazole rings is 1. The number of ether oxygens (including phenoxy) is 1. The molecule has 1 aliphatic heterocycles. The molecule has 0 aliphatic carbocycles. The molecule has 0 bridgehead atoms. The molecule has 1 aliphatic rings. The van der Waals surface area contributed by atoms with Crippen LogP contribution in [0, 0.1) is 5.41 Å². The molecule has 0 spiro atoms. The third kappa shape index (κ3) is 6.89. The van der Waals surface area contributed by atoms with E-state index in [4.69, 9.17) is 21.4 Å². The number of nitrogens with zero attached hydrogens (tertiary/aromatic N) is 2. The Kier molecular flexibility index (Phi) is 9.06. The van der Waals surface area contributed by atoms with Gasteiger partial charge >= 0.3 is 5.97 Å². The van der Waals surface area contributed by atoms with E-state index >= 15 is 0 Å². The molecule has 0 fully saturated rings. The number of hydrogen-bond acceptors (Lipinski definition) is 7. The van der Waals surface area contributed by atoms with Crippen LogP contribution in [0.4, 0.5) is 5.69 Å². The zero-order valence-corrected chi connectivity index (χ0v) is 21.4. The Balaban J connectivity index is 1.88. The van der Waals surface area contributed by atoms with E-state index in [0.717, 1.165) is 5.56 Å². The van der Waals surface area contributed by atoms with Crippen LogP contribution in [0.1, 0.15) is 61.6 Å². The lowest BCUT2D eigenvalue weighted by Crippen LogP contribution is -2.45. The quantitative estimate of drug-likeness (QED) is 0.376. The fourth-order valence-corrected chi connectivity index (χ4v) is 4.98. The van der Waals surface area contributed by atoms with Crippen LogP contribution in [0.2, 0.25) is 5.02 Å². The summed E-state index contributed by atoms with van der Waals surface area (Å²) in [5.74, 6) is -1.33. The minimum Gasteiger partial charge on any atom is -0.481 e. The van der Waals surface area contributed by atoms with Gasteiger partial charge in [-0.3, -0.25) is 9.59 Å². The smallest absolute Gasteiger partial charge is 0.306 e. The van der Waals surface area contributed by atoms with E-state index in [1.807, 2.05) is 19.9 Å². The van der Waals surface area contributed by atoms with Crippen molar-refractivity contribution in [3.63, 3.8) is 0 Å². The summed E-state index contributed by atoms with van der Waals surface area (Å²) in [5, 5.41) is 31.6. The van der Waals surface area contributed by atoms with Crippen LogP contribution >= 0.6 is 22.9 Å². The first kappa shape index (κ1) is 27.3. The number of carbonyl (C=O) groups excluding carboxylic acids is 1. The van der Waals surface area contributed by atoms with E-state index in [1.54, 1.807) is 28.5 Å². The van der Waals surface area contributed by atoms with Gasteiger partial charge in [-0.2, -0.15) is 0 Å². The van der Waals surface area contributed by atoms with Gasteiger partial charge < -0.3 is 25.0 Å². The van der Waals surface area contributed by atoms with Gasteiger partial charge in [-0.15, -0.1) is 17.9 Å². The molecule has 0 saturated heterocycles. The zero-order valence-electron chi connectivity index (χ0n) is 19.8. The fourth-order valence-electron chi connectivity index (χ4n) is 3.94. The second-order valence-corrected chi connectivity index (χ2v) is 10.8. The number of anilines is 1. The molecular weight excluding hydrogens is 492 g/mol. The molecule has 1 aromatic carbocycles. The summed E-state index contributed by atoms with van der Waals surface area (Å²) in [7, 11) is 0. The van der Waals surface area contributed by atoms with Crippen molar-refractivity contribution < 1.29 is 29.6 Å². The average molecular weight is 523 g/mol. The third-order valence-electron chi connectivity index (χ3n) is 5.79. The predicted molar refractivity (Wildman–Crippen MR) is 135 cm³/mol. The van der Waals surface area contributed by atoms with Gasteiger partial charge in [0.05, 0.1) is 23.2 Å². The number of aliphatic carboxylic acids is 1. The minimum atomic E-state index is -1.18. The third-order valence-corrected chi connectivity index (χ3v) is 6.95. The number of carbonyl (C=O) groups is 2. The average Bonchev–Trinajstić information content (AvgIpc) is 3.25. The fraction of sp³-hybridized carbons (Fsp3) is 0.480. The number of hydrogen-bond donors (Lipinski definition) is 3. The van der Waals surface area contributed by atoms with Crippen LogP contribution < -0.4 is 4.90 Å². The van der Waals surface area contributed by atoms with Gasteiger partial charge in [0, 0.05) is 46.6 Å². The predicted octanol–water partition coefficient (Wildman–Crippen LogP) is 4.30. The number of aryl methyl sites for hydroxylation is 1. The van der Waals surface area contributed by atoms with E-state index in [9.17, 15) is 19.8 Å². The first-order valence-corrected chi connectivity index (χ1v) is 12.6. The Bertz CT molecular complexity index is 1070. The van der Waals surface area contributed by atoms with Crippen LogP contribution in [0.3, 0.4) is 0 Å². The molecule has 190 valence electrons. The van der Waals surface area contributed by atoms with Crippen molar-refractivity contribution in [3.05, 3.63) is 57.5 Å². The SMILES string of the molecule is C=CC[C@H]1O[C@H](CCc2nc(C(O)CC(=O)O)cs2)C(=O)N(CC(C)(C)CO)c2ccc(Cl)cc21. The molecule has 1 unspecified atom stereocenters. The van der Waals surface area contributed by atoms with Crippen molar-refractivity contribution in [2.75, 3.05) is 18.1 Å². The van der Waals surface area contributed by atoms with Crippen molar-refractivity contribution in [3.8, 4) is 0 Å². The number of carboxylic acid groups (broad SMARTS) is 1. The van der Waals surface area contributed by atoms with Gasteiger partial charge in [0.25, 0.3) is 5.91 Å². The normalized spacial score (nSPS) is 19.2. The lowest BCUT2D eigenvalue weighted by molar-refractivity contribution is -0.139. The number of fused-ring (bicyclic) bond motifs is 1. The van der Waals surface area contributed by atoms with Crippen molar-refractivity contribution in [2.45, 2.75) is 57.8 Å². The maximum absolute atomic E-state index is 13.7. The summed E-state index contributed by atoms with van der Waals surface area (Å²) in [4.78, 5) is 30.6. The lowest BCUT2D eigenvalue weighted by Gasteiger charge is -2.32. The lowest BCUT2D eigenvalue weighted by atomic mass is 9.93. The summed E-state index contributed by atoms with van der Waals surface area (Å²) in [6, 6.07) is 5.34. The number of benzene rings is 1. The van der Waals surface area contributed by atoms with Gasteiger partial charge in [0.2, 0.25) is 0 Å². The largest absolute Gasteiger partial charge is 0.481 e. The molecule has 35 heavy (non-hydrogen) atoms. The monoisotopic (exact) mass is 522 g/mol. The van der Waals surface area contributed by atoms with Crippen molar-refractivity contribution in [1.82, 2.24) is 4.98 Å². The first-order valence-electron chi connectivity index (χ1n) is 11.4. The number of carboxylic acids is 1. The molecule has 1 amide bonds. The second-order valence-electron chi connectivity index (χ2n) is 9.41. The highest BCUT2D eigenvalue weighted by Crippen LogP contribution is 2.39. The van der Waals surface area contributed by atoms with Crippen LogP contribution in [-0.4, -0.2) is 51.4 Å². The Hall–Kier alpha value is -2.30. The van der Waals surface area contributed by atoms with E-state index < -0.39 is 36.1 Å². The Morgan fingerprint density at radius 1 is 1.40 bits per heavy atom. The number of aliphatic hydroxyl groups excluding tert-OH is 2. The Morgan fingerprint density at radius 3 is 2.80 bits per heavy atom. The maximum Gasteiger partial charge on any atom is 0.306 e. The number of rotatable bonds is 11.